The molecule has 4 heteroatoms. The Morgan fingerprint density at radius 3 is 2.90 bits per heavy atom. The summed E-state index contributed by atoms with van der Waals surface area (Å²) in [6.45, 7) is 3.35. The van der Waals surface area contributed by atoms with E-state index in [1.54, 1.807) is 0 Å². The van der Waals surface area contributed by atoms with Crippen molar-refractivity contribution in [3.63, 3.8) is 0 Å². The molecule has 4 rings (SSSR count). The zero-order valence-electron chi connectivity index (χ0n) is 11.6. The lowest BCUT2D eigenvalue weighted by Gasteiger charge is -2.22. The highest BCUT2D eigenvalue weighted by atomic mass is 16.2. The van der Waals surface area contributed by atoms with Gasteiger partial charge in [-0.05, 0) is 30.4 Å². The zero-order chi connectivity index (χ0) is 13.9. The SMILES string of the molecule is C[C@@H]1C[C@H]1C(=O)N1CC[C@]2(C1)C(=O)Nc1ccccc12. The highest BCUT2D eigenvalue weighted by Gasteiger charge is 2.53. The van der Waals surface area contributed by atoms with E-state index in [1.807, 2.05) is 29.2 Å². The van der Waals surface area contributed by atoms with Crippen LogP contribution in [0.2, 0.25) is 0 Å². The van der Waals surface area contributed by atoms with E-state index in [0.29, 0.717) is 19.0 Å². The van der Waals surface area contributed by atoms with Crippen LogP contribution < -0.4 is 5.32 Å². The van der Waals surface area contributed by atoms with E-state index in [9.17, 15) is 9.59 Å². The molecule has 0 aromatic heterocycles. The number of likely N-dealkylation sites (tertiary alicyclic amines) is 1. The number of carbonyl (C=O) groups excluding carboxylic acids is 2. The zero-order valence-corrected chi connectivity index (χ0v) is 11.6. The number of fused-ring (bicyclic) bond motifs is 2. The van der Waals surface area contributed by atoms with Crippen LogP contribution in [0.5, 0.6) is 0 Å². The molecular formula is C16H18N2O2. The van der Waals surface area contributed by atoms with Gasteiger partial charge in [-0.1, -0.05) is 25.1 Å². The molecular weight excluding hydrogens is 252 g/mol. The maximum absolute atomic E-state index is 12.4. The third kappa shape index (κ3) is 1.48. The lowest BCUT2D eigenvalue weighted by molar-refractivity contribution is -0.132. The van der Waals surface area contributed by atoms with Crippen LogP contribution in [0.3, 0.4) is 0 Å². The van der Waals surface area contributed by atoms with E-state index >= 15 is 0 Å². The molecule has 104 valence electrons. The van der Waals surface area contributed by atoms with Crippen LogP contribution >= 0.6 is 0 Å². The molecule has 2 heterocycles. The number of rotatable bonds is 1. The highest BCUT2D eigenvalue weighted by Crippen LogP contribution is 2.46. The maximum atomic E-state index is 12.4. The molecule has 2 amide bonds. The van der Waals surface area contributed by atoms with Crippen LogP contribution in [0.4, 0.5) is 5.69 Å². The van der Waals surface area contributed by atoms with Gasteiger partial charge in [0.2, 0.25) is 11.8 Å². The first kappa shape index (κ1) is 11.9. The first-order chi connectivity index (χ1) is 9.62. The molecule has 4 nitrogen and oxygen atoms in total. The molecule has 20 heavy (non-hydrogen) atoms. The van der Waals surface area contributed by atoms with E-state index in [1.165, 1.54) is 0 Å². The average molecular weight is 270 g/mol. The molecule has 3 atom stereocenters. The maximum Gasteiger partial charge on any atom is 0.236 e. The highest BCUT2D eigenvalue weighted by molar-refractivity contribution is 6.07. The molecule has 0 unspecified atom stereocenters. The van der Waals surface area contributed by atoms with E-state index in [-0.39, 0.29) is 17.7 Å². The first-order valence-corrected chi connectivity index (χ1v) is 7.31. The van der Waals surface area contributed by atoms with Gasteiger partial charge < -0.3 is 10.2 Å². The van der Waals surface area contributed by atoms with Gasteiger partial charge in [-0.15, -0.1) is 0 Å². The number of anilines is 1. The Bertz CT molecular complexity index is 612. The Kier molecular flexibility index (Phi) is 2.29. The summed E-state index contributed by atoms with van der Waals surface area (Å²) in [5, 5.41) is 2.97. The summed E-state index contributed by atoms with van der Waals surface area (Å²) in [7, 11) is 0. The summed E-state index contributed by atoms with van der Waals surface area (Å²) in [5.74, 6) is 1.01. The van der Waals surface area contributed by atoms with E-state index in [0.717, 1.165) is 24.1 Å². The monoisotopic (exact) mass is 270 g/mol. The van der Waals surface area contributed by atoms with Crippen LogP contribution in [-0.4, -0.2) is 29.8 Å². The van der Waals surface area contributed by atoms with E-state index < -0.39 is 5.41 Å². The molecule has 2 fully saturated rings. The first-order valence-electron chi connectivity index (χ1n) is 7.31. The minimum absolute atomic E-state index is 0.0536. The van der Waals surface area contributed by atoms with Crippen molar-refractivity contribution in [2.75, 3.05) is 18.4 Å². The molecule has 1 N–H and O–H groups in total. The van der Waals surface area contributed by atoms with Gasteiger partial charge in [-0.25, -0.2) is 0 Å². The van der Waals surface area contributed by atoms with Crippen molar-refractivity contribution in [2.45, 2.75) is 25.2 Å². The number of amides is 2. The van der Waals surface area contributed by atoms with Crippen molar-refractivity contribution in [2.24, 2.45) is 11.8 Å². The number of nitrogens with one attached hydrogen (secondary N) is 1. The number of carbonyl (C=O) groups is 2. The van der Waals surface area contributed by atoms with Crippen molar-refractivity contribution >= 4 is 17.5 Å². The summed E-state index contributed by atoms with van der Waals surface area (Å²) in [5.41, 5.74) is 1.46. The standard InChI is InChI=1S/C16H18N2O2/c1-10-8-11(10)14(19)18-7-6-16(9-18)12-4-2-3-5-13(12)17-15(16)20/h2-5,10-11H,6-9H2,1H3,(H,17,20)/t10-,11-,16-/m1/s1. The predicted octanol–water partition coefficient (Wildman–Crippen LogP) is 1.76. The molecule has 1 spiro atoms. The van der Waals surface area contributed by atoms with E-state index in [4.69, 9.17) is 0 Å². The number of hydrogen-bond donors (Lipinski definition) is 1. The molecule has 2 aliphatic heterocycles. The lowest BCUT2D eigenvalue weighted by atomic mass is 9.81. The number of nitrogens with zero attached hydrogens (tertiary/aromatic N) is 1. The fourth-order valence-corrected chi connectivity index (χ4v) is 3.68. The number of para-hydroxylation sites is 1. The van der Waals surface area contributed by atoms with Gasteiger partial charge in [0.05, 0.1) is 5.41 Å². The summed E-state index contributed by atoms with van der Waals surface area (Å²) < 4.78 is 0. The second kappa shape index (κ2) is 3.84. The number of benzene rings is 1. The normalized spacial score (nSPS) is 34.2. The molecule has 1 aliphatic carbocycles. The third-order valence-corrected chi connectivity index (χ3v) is 5.13. The molecule has 1 saturated carbocycles. The molecule has 1 aromatic rings. The topological polar surface area (TPSA) is 49.4 Å². The minimum atomic E-state index is -0.510. The fraction of sp³-hybridized carbons (Fsp3) is 0.500. The van der Waals surface area contributed by atoms with Crippen LogP contribution in [0, 0.1) is 11.8 Å². The van der Waals surface area contributed by atoms with E-state index in [2.05, 4.69) is 12.2 Å². The quantitative estimate of drug-likeness (QED) is 0.845. The summed E-state index contributed by atoms with van der Waals surface area (Å²) in [4.78, 5) is 26.7. The Morgan fingerprint density at radius 2 is 2.15 bits per heavy atom. The van der Waals surface area contributed by atoms with Gasteiger partial charge in [-0.2, -0.15) is 0 Å². The molecule has 3 aliphatic rings. The van der Waals surface area contributed by atoms with Crippen molar-refractivity contribution in [3.8, 4) is 0 Å². The largest absolute Gasteiger partial charge is 0.341 e. The van der Waals surface area contributed by atoms with Gasteiger partial charge in [-0.3, -0.25) is 9.59 Å². The lowest BCUT2D eigenvalue weighted by Crippen LogP contribution is -2.39. The molecule has 0 radical (unpaired) electrons. The Hall–Kier alpha value is -1.84. The van der Waals surface area contributed by atoms with Gasteiger partial charge in [0.1, 0.15) is 0 Å². The van der Waals surface area contributed by atoms with Crippen molar-refractivity contribution in [1.29, 1.82) is 0 Å². The fourth-order valence-electron chi connectivity index (χ4n) is 3.68. The number of hydrogen-bond acceptors (Lipinski definition) is 2. The van der Waals surface area contributed by atoms with Gasteiger partial charge in [0.25, 0.3) is 0 Å². The predicted molar refractivity (Wildman–Crippen MR) is 75.2 cm³/mol. The molecule has 1 aromatic carbocycles. The summed E-state index contributed by atoms with van der Waals surface area (Å²) in [6.07, 6.45) is 1.74. The van der Waals surface area contributed by atoms with Crippen molar-refractivity contribution in [1.82, 2.24) is 4.90 Å². The van der Waals surface area contributed by atoms with Gasteiger partial charge in [0.15, 0.2) is 0 Å². The third-order valence-electron chi connectivity index (χ3n) is 5.13. The van der Waals surface area contributed by atoms with Crippen molar-refractivity contribution in [3.05, 3.63) is 29.8 Å². The van der Waals surface area contributed by atoms with Crippen LogP contribution in [0.15, 0.2) is 24.3 Å². The van der Waals surface area contributed by atoms with Crippen LogP contribution in [-0.2, 0) is 15.0 Å². The van der Waals surface area contributed by atoms with Gasteiger partial charge in [0, 0.05) is 24.7 Å². The summed E-state index contributed by atoms with van der Waals surface area (Å²) >= 11 is 0. The van der Waals surface area contributed by atoms with Crippen molar-refractivity contribution < 1.29 is 9.59 Å². The Labute approximate surface area is 118 Å². The minimum Gasteiger partial charge on any atom is -0.341 e. The molecule has 1 saturated heterocycles. The summed E-state index contributed by atoms with van der Waals surface area (Å²) in [6, 6.07) is 7.85. The second-order valence-corrected chi connectivity index (χ2v) is 6.41. The molecule has 0 bridgehead atoms. The smallest absolute Gasteiger partial charge is 0.236 e. The second-order valence-electron chi connectivity index (χ2n) is 6.41. The van der Waals surface area contributed by atoms with Crippen LogP contribution in [0.1, 0.15) is 25.3 Å². The van der Waals surface area contributed by atoms with Gasteiger partial charge >= 0.3 is 0 Å². The Balaban J connectivity index is 1.64. The average Bonchev–Trinajstić information content (AvgIpc) is 2.92. The van der Waals surface area contributed by atoms with Crippen LogP contribution in [0.25, 0.3) is 0 Å². The Morgan fingerprint density at radius 1 is 1.40 bits per heavy atom.